The van der Waals surface area contributed by atoms with Crippen LogP contribution in [0.25, 0.3) is 0 Å². The van der Waals surface area contributed by atoms with E-state index in [0.29, 0.717) is 23.8 Å². The molecule has 7 heteroatoms. The van der Waals surface area contributed by atoms with Gasteiger partial charge in [0.2, 0.25) is 5.91 Å². The van der Waals surface area contributed by atoms with Crippen molar-refractivity contribution in [2.75, 3.05) is 7.11 Å². The van der Waals surface area contributed by atoms with E-state index in [-0.39, 0.29) is 23.9 Å². The van der Waals surface area contributed by atoms with Gasteiger partial charge in [0.15, 0.2) is 0 Å². The van der Waals surface area contributed by atoms with Crippen LogP contribution in [0.1, 0.15) is 49.4 Å². The second-order valence-corrected chi connectivity index (χ2v) is 8.45. The van der Waals surface area contributed by atoms with Gasteiger partial charge in [-0.25, -0.2) is 4.98 Å². The number of imidazole rings is 1. The number of para-hydroxylation sites is 1. The van der Waals surface area contributed by atoms with Crippen LogP contribution in [-0.4, -0.2) is 51.5 Å². The summed E-state index contributed by atoms with van der Waals surface area (Å²) in [7, 11) is 1.57. The van der Waals surface area contributed by atoms with Crippen molar-refractivity contribution in [1.82, 2.24) is 19.8 Å². The number of amides is 2. The molecule has 1 aromatic carbocycles. The SMILES string of the molecule is COc1ccccc1C(=O)N1[C@H](C(=O)N[C@H](C)Cn2ccnc2)C[C@@H]2CCCC[C@@H]21. The first kappa shape index (κ1) is 20.4. The van der Waals surface area contributed by atoms with Crippen molar-refractivity contribution < 1.29 is 14.3 Å². The minimum Gasteiger partial charge on any atom is -0.496 e. The number of fused-ring (bicyclic) bond motifs is 1. The normalized spacial score (nSPS) is 24.2. The van der Waals surface area contributed by atoms with Crippen LogP contribution in [0.5, 0.6) is 5.75 Å². The first-order chi connectivity index (χ1) is 14.6. The average Bonchev–Trinajstić information content (AvgIpc) is 3.40. The third kappa shape index (κ3) is 4.06. The lowest BCUT2D eigenvalue weighted by molar-refractivity contribution is -0.125. The maximum absolute atomic E-state index is 13.6. The van der Waals surface area contributed by atoms with Crippen molar-refractivity contribution in [2.24, 2.45) is 5.92 Å². The Bertz CT molecular complexity index is 882. The van der Waals surface area contributed by atoms with Gasteiger partial charge in [0.25, 0.3) is 5.91 Å². The lowest BCUT2D eigenvalue weighted by Crippen LogP contribution is -2.51. The third-order valence-corrected chi connectivity index (χ3v) is 6.40. The fourth-order valence-corrected chi connectivity index (χ4v) is 5.04. The summed E-state index contributed by atoms with van der Waals surface area (Å²) in [6.07, 6.45) is 10.4. The maximum Gasteiger partial charge on any atom is 0.258 e. The van der Waals surface area contributed by atoms with Crippen LogP contribution in [0.15, 0.2) is 43.0 Å². The number of rotatable bonds is 6. The molecule has 2 aliphatic rings. The van der Waals surface area contributed by atoms with Gasteiger partial charge >= 0.3 is 0 Å². The number of nitrogens with zero attached hydrogens (tertiary/aromatic N) is 3. The number of ether oxygens (including phenoxy) is 1. The summed E-state index contributed by atoms with van der Waals surface area (Å²) in [6, 6.07) is 6.89. The summed E-state index contributed by atoms with van der Waals surface area (Å²) >= 11 is 0. The molecule has 1 aromatic heterocycles. The van der Waals surface area contributed by atoms with Crippen LogP contribution in [0.4, 0.5) is 0 Å². The van der Waals surface area contributed by atoms with E-state index in [1.54, 1.807) is 31.8 Å². The zero-order valence-corrected chi connectivity index (χ0v) is 17.7. The predicted molar refractivity (Wildman–Crippen MR) is 113 cm³/mol. The van der Waals surface area contributed by atoms with E-state index >= 15 is 0 Å². The lowest BCUT2D eigenvalue weighted by atomic mass is 9.84. The summed E-state index contributed by atoms with van der Waals surface area (Å²) in [5.74, 6) is 0.760. The summed E-state index contributed by atoms with van der Waals surface area (Å²) in [5, 5.41) is 3.12. The molecule has 30 heavy (non-hydrogen) atoms. The molecule has 4 rings (SSSR count). The van der Waals surface area contributed by atoms with Gasteiger partial charge < -0.3 is 19.5 Å². The van der Waals surface area contributed by atoms with Crippen LogP contribution in [0.2, 0.25) is 0 Å². The van der Waals surface area contributed by atoms with E-state index in [1.165, 1.54) is 6.42 Å². The monoisotopic (exact) mass is 410 g/mol. The van der Waals surface area contributed by atoms with Gasteiger partial charge in [-0.2, -0.15) is 0 Å². The van der Waals surface area contributed by atoms with Crippen LogP contribution >= 0.6 is 0 Å². The van der Waals surface area contributed by atoms with E-state index in [4.69, 9.17) is 4.74 Å². The first-order valence-electron chi connectivity index (χ1n) is 10.8. The molecule has 2 amide bonds. The fraction of sp³-hybridized carbons (Fsp3) is 0.522. The Hall–Kier alpha value is -2.83. The molecule has 0 bridgehead atoms. The largest absolute Gasteiger partial charge is 0.496 e. The zero-order valence-electron chi connectivity index (χ0n) is 17.7. The van der Waals surface area contributed by atoms with Crippen molar-refractivity contribution in [1.29, 1.82) is 0 Å². The molecule has 7 nitrogen and oxygen atoms in total. The fourth-order valence-electron chi connectivity index (χ4n) is 5.04. The molecular formula is C23H30N4O3. The van der Waals surface area contributed by atoms with Crippen LogP contribution in [-0.2, 0) is 11.3 Å². The first-order valence-corrected chi connectivity index (χ1v) is 10.8. The Balaban J connectivity index is 1.55. The number of carbonyl (C=O) groups is 2. The predicted octanol–water partition coefficient (Wildman–Crippen LogP) is 2.87. The second kappa shape index (κ2) is 8.90. The molecule has 0 spiro atoms. The summed E-state index contributed by atoms with van der Waals surface area (Å²) in [4.78, 5) is 32.8. The topological polar surface area (TPSA) is 76.5 Å². The molecule has 1 saturated carbocycles. The molecule has 2 fully saturated rings. The lowest BCUT2D eigenvalue weighted by Gasteiger charge is -2.34. The van der Waals surface area contributed by atoms with Gasteiger partial charge in [0.1, 0.15) is 11.8 Å². The van der Waals surface area contributed by atoms with E-state index in [1.807, 2.05) is 34.7 Å². The standard InChI is InChI=1S/C23H30N4O3/c1-16(14-26-12-11-24-15-26)25-22(28)20-13-17-7-3-5-9-19(17)27(20)23(29)18-8-4-6-10-21(18)30-2/h4,6,8,10-12,15-17,19-20H,3,5,7,9,13-14H2,1-2H3,(H,25,28)/t16-,17+,19+,20+/m1/s1. The average molecular weight is 411 g/mol. The smallest absolute Gasteiger partial charge is 0.258 e. The molecule has 0 radical (unpaired) electrons. The van der Waals surface area contributed by atoms with E-state index < -0.39 is 6.04 Å². The zero-order chi connectivity index (χ0) is 21.1. The van der Waals surface area contributed by atoms with Gasteiger partial charge in [0.05, 0.1) is 19.0 Å². The second-order valence-electron chi connectivity index (χ2n) is 8.45. The van der Waals surface area contributed by atoms with Crippen molar-refractivity contribution in [2.45, 2.75) is 63.7 Å². The van der Waals surface area contributed by atoms with Crippen molar-refractivity contribution in [3.05, 3.63) is 48.5 Å². The molecule has 0 unspecified atom stereocenters. The Morgan fingerprint density at radius 2 is 2.07 bits per heavy atom. The molecule has 1 saturated heterocycles. The van der Waals surface area contributed by atoms with Gasteiger partial charge in [0, 0.05) is 31.0 Å². The highest BCUT2D eigenvalue weighted by molar-refractivity contribution is 6.00. The third-order valence-electron chi connectivity index (χ3n) is 6.40. The van der Waals surface area contributed by atoms with Gasteiger partial charge in [-0.15, -0.1) is 0 Å². The number of benzene rings is 1. The Kier molecular flexibility index (Phi) is 6.06. The highest BCUT2D eigenvalue weighted by atomic mass is 16.5. The molecule has 2 heterocycles. The molecular weight excluding hydrogens is 380 g/mol. The van der Waals surface area contributed by atoms with Crippen molar-refractivity contribution in [3.8, 4) is 5.75 Å². The highest BCUT2D eigenvalue weighted by Crippen LogP contribution is 2.41. The van der Waals surface area contributed by atoms with Crippen molar-refractivity contribution in [3.63, 3.8) is 0 Å². The molecule has 1 aliphatic carbocycles. The van der Waals surface area contributed by atoms with Crippen molar-refractivity contribution >= 4 is 11.8 Å². The maximum atomic E-state index is 13.6. The molecule has 1 aliphatic heterocycles. The number of aromatic nitrogens is 2. The summed E-state index contributed by atoms with van der Waals surface area (Å²) in [5.41, 5.74) is 0.524. The number of nitrogens with one attached hydrogen (secondary N) is 1. The van der Waals surface area contributed by atoms with Crippen LogP contribution in [0, 0.1) is 5.92 Å². The van der Waals surface area contributed by atoms with E-state index in [9.17, 15) is 9.59 Å². The summed E-state index contributed by atoms with van der Waals surface area (Å²) < 4.78 is 7.37. The minimum absolute atomic E-state index is 0.0578. The molecule has 2 aromatic rings. The van der Waals surface area contributed by atoms with Crippen LogP contribution < -0.4 is 10.1 Å². The number of methoxy groups -OCH3 is 1. The van der Waals surface area contributed by atoms with Gasteiger partial charge in [-0.3, -0.25) is 9.59 Å². The van der Waals surface area contributed by atoms with Gasteiger partial charge in [-0.05, 0) is 44.2 Å². The number of likely N-dealkylation sites (tertiary alicyclic amines) is 1. The highest BCUT2D eigenvalue weighted by Gasteiger charge is 2.48. The van der Waals surface area contributed by atoms with Crippen LogP contribution in [0.3, 0.4) is 0 Å². The number of carbonyl (C=O) groups excluding carboxylic acids is 2. The molecule has 4 atom stereocenters. The molecule has 160 valence electrons. The minimum atomic E-state index is -0.444. The summed E-state index contributed by atoms with van der Waals surface area (Å²) in [6.45, 7) is 2.62. The quantitative estimate of drug-likeness (QED) is 0.795. The van der Waals surface area contributed by atoms with E-state index in [2.05, 4.69) is 10.3 Å². The van der Waals surface area contributed by atoms with Gasteiger partial charge in [-0.1, -0.05) is 25.0 Å². The number of hydrogen-bond acceptors (Lipinski definition) is 4. The number of hydrogen-bond donors (Lipinski definition) is 1. The molecule has 1 N–H and O–H groups in total. The Morgan fingerprint density at radius 1 is 1.27 bits per heavy atom. The Labute approximate surface area is 177 Å². The Morgan fingerprint density at radius 3 is 2.83 bits per heavy atom. The van der Waals surface area contributed by atoms with E-state index in [0.717, 1.165) is 25.7 Å².